The third-order valence-corrected chi connectivity index (χ3v) is 5.07. The third-order valence-electron chi connectivity index (χ3n) is 4.47. The predicted octanol–water partition coefficient (Wildman–Crippen LogP) is 5.71. The average Bonchev–Trinajstić information content (AvgIpc) is 3.02. The predicted molar refractivity (Wildman–Crippen MR) is 115 cm³/mol. The van der Waals surface area contributed by atoms with E-state index in [1.54, 1.807) is 39.0 Å². The van der Waals surface area contributed by atoms with Gasteiger partial charge in [0.1, 0.15) is 17.5 Å². The van der Waals surface area contributed by atoms with Crippen LogP contribution in [-0.2, 0) is 4.79 Å². The number of hydrogen-bond acceptors (Lipinski definition) is 5. The fourth-order valence-electron chi connectivity index (χ4n) is 2.82. The zero-order valence-corrected chi connectivity index (χ0v) is 17.9. The van der Waals surface area contributed by atoms with Crippen LogP contribution in [0.3, 0.4) is 0 Å². The lowest BCUT2D eigenvalue weighted by Gasteiger charge is -2.15. The van der Waals surface area contributed by atoms with Gasteiger partial charge in [0.25, 0.3) is 5.69 Å². The second kappa shape index (κ2) is 8.73. The van der Waals surface area contributed by atoms with Crippen molar-refractivity contribution in [3.8, 4) is 11.5 Å². The lowest BCUT2D eigenvalue weighted by atomic mass is 10.2. The average molecular weight is 449 g/mol. The molecule has 0 bridgehead atoms. The van der Waals surface area contributed by atoms with Crippen LogP contribution in [0.2, 0.25) is 10.0 Å². The van der Waals surface area contributed by atoms with Crippen molar-refractivity contribution in [1.29, 1.82) is 0 Å². The molecule has 2 aromatic carbocycles. The topological polar surface area (TPSA) is 99.3 Å². The number of nitro groups is 1. The van der Waals surface area contributed by atoms with E-state index in [1.807, 2.05) is 0 Å². The van der Waals surface area contributed by atoms with Crippen LogP contribution in [0.5, 0.6) is 11.5 Å². The normalized spacial score (nSPS) is 11.8. The summed E-state index contributed by atoms with van der Waals surface area (Å²) in [5.41, 5.74) is 1.40. The summed E-state index contributed by atoms with van der Waals surface area (Å²) in [6.45, 7) is 5.20. The van der Waals surface area contributed by atoms with Crippen molar-refractivity contribution in [1.82, 2.24) is 9.78 Å². The highest BCUT2D eigenvalue weighted by Gasteiger charge is 2.20. The molecule has 0 saturated heterocycles. The van der Waals surface area contributed by atoms with Crippen LogP contribution >= 0.6 is 23.2 Å². The minimum absolute atomic E-state index is 0.205. The molecule has 3 rings (SSSR count). The molecule has 0 spiro atoms. The van der Waals surface area contributed by atoms with Gasteiger partial charge in [-0.15, -0.1) is 0 Å². The Bertz CT molecular complexity index is 1130. The molecule has 3 aromatic rings. The summed E-state index contributed by atoms with van der Waals surface area (Å²) in [4.78, 5) is 23.5. The highest BCUT2D eigenvalue weighted by molar-refractivity contribution is 6.31. The summed E-state index contributed by atoms with van der Waals surface area (Å²) in [5.74, 6) is 0.287. The Morgan fingerprint density at radius 1 is 1.23 bits per heavy atom. The molecule has 156 valence electrons. The van der Waals surface area contributed by atoms with Crippen LogP contribution in [-0.4, -0.2) is 20.6 Å². The number of hydrogen-bond donors (Lipinski definition) is 1. The fourth-order valence-corrected chi connectivity index (χ4v) is 3.18. The highest BCUT2D eigenvalue weighted by Crippen LogP contribution is 2.32. The second-order valence-electron chi connectivity index (χ2n) is 6.67. The zero-order chi connectivity index (χ0) is 22.0. The van der Waals surface area contributed by atoms with Gasteiger partial charge >= 0.3 is 0 Å². The number of anilines is 1. The fraction of sp³-hybridized carbons (Fsp3) is 0.200. The van der Waals surface area contributed by atoms with E-state index >= 15 is 0 Å². The number of rotatable bonds is 6. The molecule has 0 radical (unpaired) electrons. The number of carbonyl (C=O) groups is 1. The molecule has 8 nitrogen and oxygen atoms in total. The number of aromatic nitrogens is 2. The monoisotopic (exact) mass is 448 g/mol. The lowest BCUT2D eigenvalue weighted by molar-refractivity contribution is -0.384. The number of carbonyl (C=O) groups excluding carboxylic acids is 1. The molecule has 0 saturated carbocycles. The van der Waals surface area contributed by atoms with Crippen LogP contribution in [0.1, 0.15) is 24.2 Å². The van der Waals surface area contributed by atoms with Gasteiger partial charge in [0.05, 0.1) is 33.6 Å². The molecular weight excluding hydrogens is 431 g/mol. The molecule has 30 heavy (non-hydrogen) atoms. The Balaban J connectivity index is 1.87. The summed E-state index contributed by atoms with van der Waals surface area (Å²) in [7, 11) is 0. The van der Waals surface area contributed by atoms with Gasteiger partial charge in [-0.2, -0.15) is 5.10 Å². The SMILES string of the molecule is Cc1cc(Cl)ccc1Oc1cc(NC(=O)C(C)n2ncc(Cl)c2C)cc([N+](=O)[O-])c1. The first kappa shape index (κ1) is 21.6. The molecule has 1 heterocycles. The first-order valence-electron chi connectivity index (χ1n) is 8.89. The Morgan fingerprint density at radius 2 is 1.97 bits per heavy atom. The van der Waals surface area contributed by atoms with Gasteiger partial charge in [0.2, 0.25) is 5.91 Å². The van der Waals surface area contributed by atoms with Crippen LogP contribution < -0.4 is 10.1 Å². The molecule has 10 heteroatoms. The van der Waals surface area contributed by atoms with E-state index in [1.165, 1.54) is 29.1 Å². The Labute approximate surface area is 182 Å². The number of ether oxygens (including phenoxy) is 1. The van der Waals surface area contributed by atoms with Crippen LogP contribution in [0.4, 0.5) is 11.4 Å². The molecule has 1 unspecified atom stereocenters. The molecule has 0 fully saturated rings. The third kappa shape index (κ3) is 4.72. The summed E-state index contributed by atoms with van der Waals surface area (Å²) in [6.07, 6.45) is 1.45. The molecule has 0 aliphatic carbocycles. The number of aryl methyl sites for hydroxylation is 1. The Morgan fingerprint density at radius 3 is 2.57 bits per heavy atom. The van der Waals surface area contributed by atoms with E-state index < -0.39 is 16.9 Å². The largest absolute Gasteiger partial charge is 0.457 e. The zero-order valence-electron chi connectivity index (χ0n) is 16.3. The van der Waals surface area contributed by atoms with Crippen molar-refractivity contribution < 1.29 is 14.5 Å². The van der Waals surface area contributed by atoms with E-state index in [2.05, 4.69) is 10.4 Å². The van der Waals surface area contributed by atoms with Crippen LogP contribution in [0, 0.1) is 24.0 Å². The summed E-state index contributed by atoms with van der Waals surface area (Å²) >= 11 is 12.0. The van der Waals surface area contributed by atoms with Gasteiger partial charge < -0.3 is 10.1 Å². The summed E-state index contributed by atoms with van der Waals surface area (Å²) in [5, 5.41) is 19.1. The molecule has 1 N–H and O–H groups in total. The van der Waals surface area contributed by atoms with E-state index in [9.17, 15) is 14.9 Å². The summed E-state index contributed by atoms with van der Waals surface area (Å²) < 4.78 is 7.27. The van der Waals surface area contributed by atoms with Crippen molar-refractivity contribution in [3.63, 3.8) is 0 Å². The minimum Gasteiger partial charge on any atom is -0.457 e. The number of halogens is 2. The molecule has 1 aromatic heterocycles. The van der Waals surface area contributed by atoms with Crippen molar-refractivity contribution >= 4 is 40.5 Å². The van der Waals surface area contributed by atoms with Crippen molar-refractivity contribution in [2.75, 3.05) is 5.32 Å². The van der Waals surface area contributed by atoms with Gasteiger partial charge in [0, 0.05) is 17.2 Å². The van der Waals surface area contributed by atoms with Gasteiger partial charge in [-0.05, 0) is 44.5 Å². The number of non-ortho nitro benzene ring substituents is 1. The maximum absolute atomic E-state index is 12.7. The van der Waals surface area contributed by atoms with E-state index in [4.69, 9.17) is 27.9 Å². The molecule has 1 atom stereocenters. The van der Waals surface area contributed by atoms with Crippen molar-refractivity contribution in [2.45, 2.75) is 26.8 Å². The number of amides is 1. The highest BCUT2D eigenvalue weighted by atomic mass is 35.5. The number of nitrogens with one attached hydrogen (secondary N) is 1. The minimum atomic E-state index is -0.681. The standard InChI is InChI=1S/C20H18Cl2N4O4/c1-11-6-14(21)4-5-19(11)30-17-8-15(7-16(9-17)26(28)29)24-20(27)13(3)25-12(2)18(22)10-23-25/h4-10,13H,1-3H3,(H,24,27). The van der Waals surface area contributed by atoms with E-state index in [0.717, 1.165) is 5.56 Å². The van der Waals surface area contributed by atoms with Gasteiger partial charge in [-0.3, -0.25) is 19.6 Å². The van der Waals surface area contributed by atoms with Crippen LogP contribution in [0.25, 0.3) is 0 Å². The van der Waals surface area contributed by atoms with Gasteiger partial charge in [-0.25, -0.2) is 0 Å². The maximum Gasteiger partial charge on any atom is 0.275 e. The second-order valence-corrected chi connectivity index (χ2v) is 7.52. The molecular formula is C20H18Cl2N4O4. The van der Waals surface area contributed by atoms with Gasteiger partial charge in [0.15, 0.2) is 0 Å². The Hall–Kier alpha value is -3.10. The maximum atomic E-state index is 12.7. The van der Waals surface area contributed by atoms with Crippen LogP contribution in [0.15, 0.2) is 42.6 Å². The van der Waals surface area contributed by atoms with E-state index in [-0.39, 0.29) is 17.1 Å². The first-order valence-corrected chi connectivity index (χ1v) is 9.65. The number of nitro benzene ring substituents is 1. The molecule has 0 aliphatic rings. The molecule has 1 amide bonds. The smallest absolute Gasteiger partial charge is 0.275 e. The quantitative estimate of drug-likeness (QED) is 0.384. The lowest BCUT2D eigenvalue weighted by Crippen LogP contribution is -2.25. The number of benzene rings is 2. The van der Waals surface area contributed by atoms with E-state index in [0.29, 0.717) is 21.5 Å². The molecule has 0 aliphatic heterocycles. The van der Waals surface area contributed by atoms with Crippen molar-refractivity contribution in [3.05, 3.63) is 74.0 Å². The first-order chi connectivity index (χ1) is 14.2. The van der Waals surface area contributed by atoms with Gasteiger partial charge in [-0.1, -0.05) is 23.2 Å². The summed E-state index contributed by atoms with van der Waals surface area (Å²) in [6, 6.07) is 8.41. The Kier molecular flexibility index (Phi) is 6.28. The van der Waals surface area contributed by atoms with Crippen molar-refractivity contribution in [2.24, 2.45) is 0 Å². The number of nitrogens with zero attached hydrogens (tertiary/aromatic N) is 3.